The minimum Gasteiger partial charge on any atom is -0.378 e. The fraction of sp³-hybridized carbons (Fsp3) is 0.286. The average Bonchev–Trinajstić information content (AvgIpc) is 2.65. The fourth-order valence-corrected chi connectivity index (χ4v) is 4.27. The van der Waals surface area contributed by atoms with Gasteiger partial charge in [-0.3, -0.25) is 4.98 Å². The number of rotatable bonds is 3. The van der Waals surface area contributed by atoms with Crippen LogP contribution in [-0.4, -0.2) is 31.3 Å². The first-order valence-corrected chi connectivity index (χ1v) is 9.49. The van der Waals surface area contributed by atoms with Gasteiger partial charge in [0, 0.05) is 29.6 Å². The maximum atomic E-state index is 5.56. The lowest BCUT2D eigenvalue weighted by Crippen LogP contribution is -2.36. The number of pyridine rings is 1. The van der Waals surface area contributed by atoms with Gasteiger partial charge in [-0.15, -0.1) is 0 Å². The van der Waals surface area contributed by atoms with Gasteiger partial charge in [0.15, 0.2) is 0 Å². The van der Waals surface area contributed by atoms with Gasteiger partial charge in [-0.05, 0) is 43.2 Å². The summed E-state index contributed by atoms with van der Waals surface area (Å²) in [5.41, 5.74) is 4.99. The summed E-state index contributed by atoms with van der Waals surface area (Å²) in [6, 6.07) is 15.1. The first-order chi connectivity index (χ1) is 12.2. The summed E-state index contributed by atoms with van der Waals surface area (Å²) in [7, 11) is 0. The highest BCUT2D eigenvalue weighted by Gasteiger charge is 2.19. The third kappa shape index (κ3) is 3.37. The van der Waals surface area contributed by atoms with Crippen LogP contribution in [0.25, 0.3) is 10.9 Å². The Hall–Kier alpha value is -2.04. The Labute approximate surface area is 153 Å². The number of hydrogen-bond donors (Lipinski definition) is 0. The van der Waals surface area contributed by atoms with Crippen LogP contribution in [0.2, 0.25) is 0 Å². The Balaban J connectivity index is 1.80. The summed E-state index contributed by atoms with van der Waals surface area (Å²) in [4.78, 5) is 9.61. The molecule has 0 atom stereocenters. The summed E-state index contributed by atoms with van der Waals surface area (Å²) in [6.45, 7) is 7.74. The standard InChI is InChI=1S/C21H22N2OS/c1-15-7-8-17(13-16(15)2)25-20-14-22-19-6-4-3-5-18(19)21(20)23-9-11-24-12-10-23/h3-8,13-14H,9-12H2,1-2H3. The summed E-state index contributed by atoms with van der Waals surface area (Å²) in [5.74, 6) is 0. The molecule has 128 valence electrons. The van der Waals surface area contributed by atoms with Crippen molar-refractivity contribution in [2.75, 3.05) is 31.2 Å². The molecule has 0 aliphatic carbocycles. The molecular weight excluding hydrogens is 328 g/mol. The average molecular weight is 350 g/mol. The smallest absolute Gasteiger partial charge is 0.0723 e. The van der Waals surface area contributed by atoms with Crippen LogP contribution >= 0.6 is 11.8 Å². The number of hydrogen-bond acceptors (Lipinski definition) is 4. The summed E-state index contributed by atoms with van der Waals surface area (Å²) < 4.78 is 5.56. The first-order valence-electron chi connectivity index (χ1n) is 8.68. The molecule has 0 radical (unpaired) electrons. The second-order valence-corrected chi connectivity index (χ2v) is 7.55. The highest BCUT2D eigenvalue weighted by atomic mass is 32.2. The Kier molecular flexibility index (Phi) is 4.64. The Morgan fingerprint density at radius 3 is 2.60 bits per heavy atom. The van der Waals surface area contributed by atoms with Crippen molar-refractivity contribution >= 4 is 28.4 Å². The van der Waals surface area contributed by atoms with E-state index in [1.807, 2.05) is 6.20 Å². The van der Waals surface area contributed by atoms with Gasteiger partial charge < -0.3 is 9.64 Å². The largest absolute Gasteiger partial charge is 0.378 e. The van der Waals surface area contributed by atoms with Gasteiger partial charge in [0.1, 0.15) is 0 Å². The molecular formula is C21H22N2OS. The molecule has 0 amide bonds. The summed E-state index contributed by atoms with van der Waals surface area (Å²) >= 11 is 1.80. The van der Waals surface area contributed by atoms with E-state index < -0.39 is 0 Å². The molecule has 1 aliphatic rings. The fourth-order valence-electron chi connectivity index (χ4n) is 3.20. The maximum Gasteiger partial charge on any atom is 0.0723 e. The number of aromatic nitrogens is 1. The zero-order chi connectivity index (χ0) is 17.2. The number of aryl methyl sites for hydroxylation is 2. The topological polar surface area (TPSA) is 25.4 Å². The number of ether oxygens (including phenoxy) is 1. The molecule has 4 rings (SSSR count). The van der Waals surface area contributed by atoms with E-state index >= 15 is 0 Å². The summed E-state index contributed by atoms with van der Waals surface area (Å²) in [6.07, 6.45) is 2.02. The number of para-hydroxylation sites is 1. The van der Waals surface area contributed by atoms with E-state index in [9.17, 15) is 0 Å². The van der Waals surface area contributed by atoms with Crippen LogP contribution < -0.4 is 4.90 Å². The van der Waals surface area contributed by atoms with Gasteiger partial charge in [-0.25, -0.2) is 0 Å². The molecule has 0 saturated carbocycles. The molecule has 1 aliphatic heterocycles. The predicted octanol–water partition coefficient (Wildman–Crippen LogP) is 4.84. The molecule has 3 nitrogen and oxygen atoms in total. The maximum absolute atomic E-state index is 5.56. The van der Waals surface area contributed by atoms with Gasteiger partial charge in [-0.2, -0.15) is 0 Å². The molecule has 0 N–H and O–H groups in total. The van der Waals surface area contributed by atoms with Gasteiger partial charge in [0.05, 0.1) is 29.3 Å². The molecule has 0 spiro atoms. The lowest BCUT2D eigenvalue weighted by atomic mass is 10.1. The lowest BCUT2D eigenvalue weighted by Gasteiger charge is -2.31. The molecule has 1 saturated heterocycles. The minimum atomic E-state index is 0.782. The molecule has 25 heavy (non-hydrogen) atoms. The van der Waals surface area contributed by atoms with E-state index in [1.165, 1.54) is 32.0 Å². The van der Waals surface area contributed by atoms with Crippen LogP contribution in [0.4, 0.5) is 5.69 Å². The van der Waals surface area contributed by atoms with Gasteiger partial charge in [0.2, 0.25) is 0 Å². The van der Waals surface area contributed by atoms with Crippen molar-refractivity contribution in [1.82, 2.24) is 4.98 Å². The van der Waals surface area contributed by atoms with Crippen LogP contribution in [0.15, 0.2) is 58.5 Å². The van der Waals surface area contributed by atoms with E-state index in [2.05, 4.69) is 61.2 Å². The Bertz CT molecular complexity index is 904. The minimum absolute atomic E-state index is 0.782. The number of anilines is 1. The van der Waals surface area contributed by atoms with Crippen molar-refractivity contribution in [2.45, 2.75) is 23.6 Å². The Morgan fingerprint density at radius 2 is 1.80 bits per heavy atom. The van der Waals surface area contributed by atoms with Crippen LogP contribution in [-0.2, 0) is 4.74 Å². The third-order valence-electron chi connectivity index (χ3n) is 4.75. The molecule has 1 aromatic heterocycles. The molecule has 2 heterocycles. The van der Waals surface area contributed by atoms with Crippen LogP contribution in [0.1, 0.15) is 11.1 Å². The van der Waals surface area contributed by atoms with Gasteiger partial charge >= 0.3 is 0 Å². The zero-order valence-corrected chi connectivity index (χ0v) is 15.5. The van der Waals surface area contributed by atoms with Crippen molar-refractivity contribution in [3.63, 3.8) is 0 Å². The predicted molar refractivity (Wildman–Crippen MR) is 105 cm³/mol. The van der Waals surface area contributed by atoms with Gasteiger partial charge in [-0.1, -0.05) is 36.0 Å². The van der Waals surface area contributed by atoms with Crippen molar-refractivity contribution in [3.8, 4) is 0 Å². The summed E-state index contributed by atoms with van der Waals surface area (Å²) in [5, 5.41) is 1.22. The van der Waals surface area contributed by atoms with E-state index in [0.717, 1.165) is 31.8 Å². The van der Waals surface area contributed by atoms with E-state index in [-0.39, 0.29) is 0 Å². The quantitative estimate of drug-likeness (QED) is 0.675. The van der Waals surface area contributed by atoms with Crippen LogP contribution in [0, 0.1) is 13.8 Å². The van der Waals surface area contributed by atoms with Gasteiger partial charge in [0.25, 0.3) is 0 Å². The van der Waals surface area contributed by atoms with E-state index in [1.54, 1.807) is 11.8 Å². The van der Waals surface area contributed by atoms with E-state index in [0.29, 0.717) is 0 Å². The highest BCUT2D eigenvalue weighted by Crippen LogP contribution is 2.40. The SMILES string of the molecule is Cc1ccc(Sc2cnc3ccccc3c2N2CCOCC2)cc1C. The number of morpholine rings is 1. The number of benzene rings is 2. The highest BCUT2D eigenvalue weighted by molar-refractivity contribution is 7.99. The van der Waals surface area contributed by atoms with Crippen molar-refractivity contribution in [3.05, 3.63) is 59.8 Å². The molecule has 1 fully saturated rings. The van der Waals surface area contributed by atoms with Crippen LogP contribution in [0.5, 0.6) is 0 Å². The second kappa shape index (κ2) is 7.06. The first kappa shape index (κ1) is 16.4. The number of fused-ring (bicyclic) bond motifs is 1. The second-order valence-electron chi connectivity index (χ2n) is 6.44. The Morgan fingerprint density at radius 1 is 1.00 bits per heavy atom. The zero-order valence-electron chi connectivity index (χ0n) is 14.7. The van der Waals surface area contributed by atoms with Crippen molar-refractivity contribution < 1.29 is 4.74 Å². The molecule has 0 bridgehead atoms. The molecule has 4 heteroatoms. The lowest BCUT2D eigenvalue weighted by molar-refractivity contribution is 0.122. The molecule has 3 aromatic rings. The number of nitrogens with zero attached hydrogens (tertiary/aromatic N) is 2. The van der Waals surface area contributed by atoms with E-state index in [4.69, 9.17) is 9.72 Å². The third-order valence-corrected chi connectivity index (χ3v) is 5.76. The van der Waals surface area contributed by atoms with Crippen molar-refractivity contribution in [2.24, 2.45) is 0 Å². The normalized spacial score (nSPS) is 14.9. The monoisotopic (exact) mass is 350 g/mol. The molecule has 0 unspecified atom stereocenters. The van der Waals surface area contributed by atoms with Crippen molar-refractivity contribution in [1.29, 1.82) is 0 Å². The van der Waals surface area contributed by atoms with Crippen LogP contribution in [0.3, 0.4) is 0 Å². The molecule has 2 aromatic carbocycles.